The summed E-state index contributed by atoms with van der Waals surface area (Å²) in [6.07, 6.45) is 4.69. The van der Waals surface area contributed by atoms with Crippen LogP contribution in [0.1, 0.15) is 48.0 Å². The number of halogens is 1. The molecule has 8 heteroatoms. The van der Waals surface area contributed by atoms with Crippen LogP contribution in [-0.4, -0.2) is 67.7 Å². The highest BCUT2D eigenvalue weighted by Crippen LogP contribution is 2.22. The lowest BCUT2D eigenvalue weighted by molar-refractivity contribution is 0.0761. The molecule has 0 bridgehead atoms. The number of hydrogen-bond acceptors (Lipinski definition) is 4. The fourth-order valence-electron chi connectivity index (χ4n) is 4.58. The van der Waals surface area contributed by atoms with Crippen molar-refractivity contribution in [1.82, 2.24) is 14.1 Å². The third-order valence-corrected chi connectivity index (χ3v) is 8.37. The average Bonchev–Trinajstić information content (AvgIpc) is 3.24. The van der Waals surface area contributed by atoms with Crippen LogP contribution >= 0.6 is 0 Å². The molecule has 0 N–H and O–H groups in total. The second kappa shape index (κ2) is 10.8. The van der Waals surface area contributed by atoms with E-state index in [2.05, 4.69) is 4.90 Å². The Hall–Kier alpha value is -2.29. The van der Waals surface area contributed by atoms with E-state index in [0.29, 0.717) is 38.3 Å². The maximum Gasteiger partial charge on any atom is 0.253 e. The summed E-state index contributed by atoms with van der Waals surface area (Å²) >= 11 is 0. The van der Waals surface area contributed by atoms with E-state index in [1.165, 1.54) is 18.2 Å². The zero-order chi connectivity index (χ0) is 23.3. The van der Waals surface area contributed by atoms with Gasteiger partial charge in [0.15, 0.2) is 0 Å². The molecule has 2 aliphatic heterocycles. The molecule has 0 saturated carbocycles. The summed E-state index contributed by atoms with van der Waals surface area (Å²) < 4.78 is 41.0. The Labute approximate surface area is 196 Å². The van der Waals surface area contributed by atoms with Crippen LogP contribution in [-0.2, 0) is 16.6 Å². The van der Waals surface area contributed by atoms with Gasteiger partial charge in [-0.3, -0.25) is 9.69 Å². The molecule has 2 aromatic carbocycles. The van der Waals surface area contributed by atoms with E-state index in [0.717, 1.165) is 50.8 Å². The number of nitrogens with zero attached hydrogens (tertiary/aromatic N) is 3. The first kappa shape index (κ1) is 23.9. The molecule has 6 nitrogen and oxygen atoms in total. The van der Waals surface area contributed by atoms with Crippen molar-refractivity contribution in [2.45, 2.75) is 43.5 Å². The predicted octanol–water partition coefficient (Wildman–Crippen LogP) is 3.74. The Morgan fingerprint density at radius 3 is 2.27 bits per heavy atom. The summed E-state index contributed by atoms with van der Waals surface area (Å²) in [5, 5.41) is 0. The maximum absolute atomic E-state index is 13.2. The molecule has 2 heterocycles. The van der Waals surface area contributed by atoms with Crippen LogP contribution in [0.25, 0.3) is 0 Å². The van der Waals surface area contributed by atoms with Gasteiger partial charge in [-0.2, -0.15) is 4.31 Å². The molecule has 178 valence electrons. The molecule has 0 atom stereocenters. The minimum atomic E-state index is -3.60. The van der Waals surface area contributed by atoms with Crippen molar-refractivity contribution in [2.24, 2.45) is 0 Å². The van der Waals surface area contributed by atoms with Crippen LogP contribution in [0.3, 0.4) is 0 Å². The molecule has 2 saturated heterocycles. The number of rotatable bonds is 5. The molecular weight excluding hydrogens is 441 g/mol. The van der Waals surface area contributed by atoms with Gasteiger partial charge in [-0.25, -0.2) is 12.8 Å². The van der Waals surface area contributed by atoms with E-state index in [-0.39, 0.29) is 16.6 Å². The number of amides is 1. The minimum absolute atomic E-state index is 0.133. The smallest absolute Gasteiger partial charge is 0.253 e. The van der Waals surface area contributed by atoms with E-state index in [4.69, 9.17) is 0 Å². The third kappa shape index (κ3) is 5.99. The molecule has 2 fully saturated rings. The molecule has 33 heavy (non-hydrogen) atoms. The second-order valence-corrected chi connectivity index (χ2v) is 10.8. The van der Waals surface area contributed by atoms with Gasteiger partial charge in [-0.15, -0.1) is 0 Å². The fraction of sp³-hybridized carbons (Fsp3) is 0.480. The van der Waals surface area contributed by atoms with Crippen molar-refractivity contribution in [3.05, 3.63) is 65.5 Å². The Morgan fingerprint density at radius 1 is 0.818 bits per heavy atom. The van der Waals surface area contributed by atoms with Gasteiger partial charge in [0.1, 0.15) is 5.82 Å². The molecule has 2 aromatic rings. The van der Waals surface area contributed by atoms with Crippen LogP contribution in [0.4, 0.5) is 4.39 Å². The van der Waals surface area contributed by atoms with Crippen LogP contribution in [0.2, 0.25) is 0 Å². The van der Waals surface area contributed by atoms with Crippen molar-refractivity contribution in [2.75, 3.05) is 39.3 Å². The number of carbonyl (C=O) groups excluding carboxylic acids is 1. The molecule has 1 amide bonds. The highest BCUT2D eigenvalue weighted by Gasteiger charge is 2.27. The lowest BCUT2D eigenvalue weighted by atomic mass is 10.2. The van der Waals surface area contributed by atoms with E-state index < -0.39 is 10.0 Å². The number of hydrogen-bond donors (Lipinski definition) is 0. The fourth-order valence-corrected chi connectivity index (χ4v) is 6.15. The van der Waals surface area contributed by atoms with Crippen LogP contribution in [0, 0.1) is 5.82 Å². The van der Waals surface area contributed by atoms with Gasteiger partial charge < -0.3 is 4.90 Å². The maximum atomic E-state index is 13.2. The van der Waals surface area contributed by atoms with E-state index in [1.54, 1.807) is 34.6 Å². The third-order valence-electron chi connectivity index (χ3n) is 6.48. The van der Waals surface area contributed by atoms with Crippen molar-refractivity contribution < 1.29 is 17.6 Å². The Bertz CT molecular complexity index is 1050. The molecule has 2 aliphatic rings. The van der Waals surface area contributed by atoms with Gasteiger partial charge in [-0.05, 0) is 55.2 Å². The SMILES string of the molecule is O=C(c1cccc(S(=O)(=O)N2CCCCCC2)c1)N1CCCN(Cc2ccc(F)cc2)CC1. The lowest BCUT2D eigenvalue weighted by Crippen LogP contribution is -2.35. The van der Waals surface area contributed by atoms with E-state index in [9.17, 15) is 17.6 Å². The number of benzene rings is 2. The largest absolute Gasteiger partial charge is 0.337 e. The first-order valence-corrected chi connectivity index (χ1v) is 13.2. The quantitative estimate of drug-likeness (QED) is 0.664. The topological polar surface area (TPSA) is 60.9 Å². The normalized spacial score (nSPS) is 19.1. The molecule has 0 unspecified atom stereocenters. The Balaban J connectivity index is 1.42. The van der Waals surface area contributed by atoms with Gasteiger partial charge in [0.25, 0.3) is 5.91 Å². The molecular formula is C25H32FN3O3S. The van der Waals surface area contributed by atoms with Crippen LogP contribution < -0.4 is 0 Å². The summed E-state index contributed by atoms with van der Waals surface area (Å²) in [6.45, 7) is 4.56. The van der Waals surface area contributed by atoms with Gasteiger partial charge in [-0.1, -0.05) is 31.0 Å². The summed E-state index contributed by atoms with van der Waals surface area (Å²) in [4.78, 5) is 17.5. The molecule has 4 rings (SSSR count). The van der Waals surface area contributed by atoms with Crippen molar-refractivity contribution in [3.8, 4) is 0 Å². The van der Waals surface area contributed by atoms with Gasteiger partial charge >= 0.3 is 0 Å². The van der Waals surface area contributed by atoms with Crippen LogP contribution in [0.15, 0.2) is 53.4 Å². The zero-order valence-electron chi connectivity index (χ0n) is 19.0. The van der Waals surface area contributed by atoms with Gasteiger partial charge in [0.2, 0.25) is 10.0 Å². The van der Waals surface area contributed by atoms with Gasteiger partial charge in [0.05, 0.1) is 4.90 Å². The molecule has 0 radical (unpaired) electrons. The highest BCUT2D eigenvalue weighted by molar-refractivity contribution is 7.89. The number of sulfonamides is 1. The standard InChI is InChI=1S/C25H32FN3O3S/c26-23-11-9-21(10-12-23)20-27-13-6-14-28(18-17-27)25(30)22-7-5-8-24(19-22)33(31,32)29-15-3-1-2-4-16-29/h5,7-12,19H,1-4,6,13-18,20H2. The number of carbonyl (C=O) groups is 1. The summed E-state index contributed by atoms with van der Waals surface area (Å²) in [6, 6.07) is 13.0. The predicted molar refractivity (Wildman–Crippen MR) is 126 cm³/mol. The van der Waals surface area contributed by atoms with Crippen molar-refractivity contribution in [1.29, 1.82) is 0 Å². The Morgan fingerprint density at radius 2 is 1.55 bits per heavy atom. The zero-order valence-corrected chi connectivity index (χ0v) is 19.8. The Kier molecular flexibility index (Phi) is 7.78. The van der Waals surface area contributed by atoms with Crippen molar-refractivity contribution in [3.63, 3.8) is 0 Å². The first-order valence-electron chi connectivity index (χ1n) is 11.8. The monoisotopic (exact) mass is 473 g/mol. The van der Waals surface area contributed by atoms with E-state index in [1.807, 2.05) is 4.90 Å². The molecule has 0 aromatic heterocycles. The summed E-state index contributed by atoms with van der Waals surface area (Å²) in [7, 11) is -3.60. The summed E-state index contributed by atoms with van der Waals surface area (Å²) in [5.41, 5.74) is 1.46. The summed E-state index contributed by atoms with van der Waals surface area (Å²) in [5.74, 6) is -0.377. The average molecular weight is 474 g/mol. The molecule has 0 spiro atoms. The first-order chi connectivity index (χ1) is 15.9. The second-order valence-electron chi connectivity index (χ2n) is 8.89. The van der Waals surface area contributed by atoms with E-state index >= 15 is 0 Å². The minimum Gasteiger partial charge on any atom is -0.337 e. The van der Waals surface area contributed by atoms with Gasteiger partial charge in [0, 0.05) is 51.4 Å². The lowest BCUT2D eigenvalue weighted by Gasteiger charge is -2.23. The van der Waals surface area contributed by atoms with Crippen LogP contribution in [0.5, 0.6) is 0 Å². The molecule has 0 aliphatic carbocycles. The highest BCUT2D eigenvalue weighted by atomic mass is 32.2. The van der Waals surface area contributed by atoms with Crippen molar-refractivity contribution >= 4 is 15.9 Å².